The van der Waals surface area contributed by atoms with Gasteiger partial charge in [-0.3, -0.25) is 14.5 Å². The van der Waals surface area contributed by atoms with Gasteiger partial charge in [-0.1, -0.05) is 59.8 Å². The molecule has 0 saturated carbocycles. The van der Waals surface area contributed by atoms with Crippen molar-refractivity contribution in [1.29, 1.82) is 0 Å². The molecule has 1 aliphatic rings. The van der Waals surface area contributed by atoms with Crippen molar-refractivity contribution < 1.29 is 9.59 Å². The lowest BCUT2D eigenvalue weighted by molar-refractivity contribution is -0.137. The molecule has 1 aliphatic heterocycles. The smallest absolute Gasteiger partial charge is 0.268 e. The molecule has 0 N–H and O–H groups in total. The lowest BCUT2D eigenvalue weighted by atomic mass is 10.2. The van der Waals surface area contributed by atoms with Crippen LogP contribution in [0.3, 0.4) is 0 Å². The topological polar surface area (TPSA) is 37.4 Å². The average molecular weight is 412 g/mol. The number of thioether (sulfide) groups is 1. The quantitative estimate of drug-likeness (QED) is 0.522. The zero-order chi connectivity index (χ0) is 18.8. The summed E-state index contributed by atoms with van der Waals surface area (Å²) in [6.07, 6.45) is 0. The second-order valence-corrected chi connectivity index (χ2v) is 8.39. The summed E-state index contributed by atoms with van der Waals surface area (Å²) in [7, 11) is 0. The van der Waals surface area contributed by atoms with E-state index in [-0.39, 0.29) is 18.4 Å². The number of hydrogen-bond acceptors (Lipinski definition) is 4. The van der Waals surface area contributed by atoms with Crippen LogP contribution in [-0.2, 0) is 16.1 Å². The number of thiophene rings is 1. The first kappa shape index (κ1) is 18.0. The van der Waals surface area contributed by atoms with Crippen LogP contribution in [0.2, 0.25) is 5.02 Å². The lowest BCUT2D eigenvalue weighted by Gasteiger charge is -2.15. The summed E-state index contributed by atoms with van der Waals surface area (Å²) in [5.74, 6) is -0.511. The Morgan fingerprint density at radius 3 is 2.30 bits per heavy atom. The molecule has 6 heteroatoms. The molecule has 3 aromatic rings. The van der Waals surface area contributed by atoms with E-state index in [0.29, 0.717) is 15.5 Å². The molecule has 2 amide bonds. The molecule has 0 atom stereocenters. The summed E-state index contributed by atoms with van der Waals surface area (Å²) in [5.41, 5.74) is 1.34. The molecule has 0 radical (unpaired) electrons. The Hall–Kier alpha value is -2.34. The van der Waals surface area contributed by atoms with Crippen molar-refractivity contribution in [3.05, 3.63) is 92.5 Å². The number of imide groups is 1. The highest BCUT2D eigenvalue weighted by molar-refractivity contribution is 8.04. The van der Waals surface area contributed by atoms with Crippen molar-refractivity contribution in [2.24, 2.45) is 0 Å². The monoisotopic (exact) mass is 411 g/mol. The van der Waals surface area contributed by atoms with E-state index in [1.165, 1.54) is 28.0 Å². The second kappa shape index (κ2) is 7.72. The molecular formula is C21H14ClNO2S2. The second-order valence-electron chi connectivity index (χ2n) is 5.92. The Bertz CT molecular complexity index is 1010. The van der Waals surface area contributed by atoms with Gasteiger partial charge >= 0.3 is 0 Å². The standard InChI is InChI=1S/C21H14ClNO2S2/c22-15-10-8-14(9-11-15)13-23-20(24)18(17-7-4-12-26-17)19(21(23)25)27-16-5-2-1-3-6-16/h1-12H,13H2. The van der Waals surface area contributed by atoms with Crippen molar-refractivity contribution in [3.8, 4) is 0 Å². The molecule has 27 heavy (non-hydrogen) atoms. The average Bonchev–Trinajstić information content (AvgIpc) is 3.28. The predicted octanol–water partition coefficient (Wildman–Crippen LogP) is 5.47. The maximum absolute atomic E-state index is 13.1. The molecule has 0 unspecified atom stereocenters. The fraction of sp³-hybridized carbons (Fsp3) is 0.0476. The number of benzene rings is 2. The molecular weight excluding hydrogens is 398 g/mol. The van der Waals surface area contributed by atoms with E-state index < -0.39 is 0 Å². The maximum Gasteiger partial charge on any atom is 0.268 e. The van der Waals surface area contributed by atoms with Crippen LogP contribution in [0, 0.1) is 0 Å². The molecule has 134 valence electrons. The molecule has 2 aromatic carbocycles. The van der Waals surface area contributed by atoms with Crippen molar-refractivity contribution >= 4 is 52.1 Å². The van der Waals surface area contributed by atoms with Crippen LogP contribution in [-0.4, -0.2) is 16.7 Å². The Labute approximate surface area is 170 Å². The Balaban J connectivity index is 1.69. The highest BCUT2D eigenvalue weighted by Gasteiger charge is 2.39. The van der Waals surface area contributed by atoms with Crippen LogP contribution in [0.1, 0.15) is 10.4 Å². The first-order valence-corrected chi connectivity index (χ1v) is 10.3. The third-order valence-corrected chi connectivity index (χ3v) is 6.34. The largest absolute Gasteiger partial charge is 0.269 e. The van der Waals surface area contributed by atoms with Gasteiger partial charge < -0.3 is 0 Å². The normalized spacial score (nSPS) is 14.3. The van der Waals surface area contributed by atoms with Gasteiger partial charge in [0.05, 0.1) is 17.0 Å². The molecule has 0 spiro atoms. The zero-order valence-electron chi connectivity index (χ0n) is 14.1. The molecule has 0 fully saturated rings. The highest BCUT2D eigenvalue weighted by Crippen LogP contribution is 2.41. The minimum Gasteiger partial charge on any atom is -0.269 e. The zero-order valence-corrected chi connectivity index (χ0v) is 16.5. The van der Waals surface area contributed by atoms with Crippen molar-refractivity contribution in [2.75, 3.05) is 0 Å². The Kier molecular flexibility index (Phi) is 5.16. The van der Waals surface area contributed by atoms with E-state index in [4.69, 9.17) is 11.6 Å². The summed E-state index contributed by atoms with van der Waals surface area (Å²) in [6.45, 7) is 0.225. The first-order valence-electron chi connectivity index (χ1n) is 8.25. The van der Waals surface area contributed by atoms with Gasteiger partial charge in [-0.05, 0) is 41.3 Å². The van der Waals surface area contributed by atoms with Crippen LogP contribution in [0.4, 0.5) is 0 Å². The van der Waals surface area contributed by atoms with Crippen molar-refractivity contribution in [2.45, 2.75) is 11.4 Å². The van der Waals surface area contributed by atoms with E-state index in [2.05, 4.69) is 0 Å². The summed E-state index contributed by atoms with van der Waals surface area (Å²) in [6, 6.07) is 20.6. The van der Waals surface area contributed by atoms with Crippen LogP contribution in [0.5, 0.6) is 0 Å². The number of carbonyl (C=O) groups is 2. The van der Waals surface area contributed by atoms with Crippen molar-refractivity contribution in [1.82, 2.24) is 4.90 Å². The van der Waals surface area contributed by atoms with Gasteiger partial charge in [0.1, 0.15) is 0 Å². The molecule has 0 aliphatic carbocycles. The fourth-order valence-electron chi connectivity index (χ4n) is 2.81. The Morgan fingerprint density at radius 2 is 1.63 bits per heavy atom. The van der Waals surface area contributed by atoms with Gasteiger partial charge in [0.25, 0.3) is 11.8 Å². The highest BCUT2D eigenvalue weighted by atomic mass is 35.5. The summed E-state index contributed by atoms with van der Waals surface area (Å²) >= 11 is 8.73. The fourth-order valence-corrected chi connectivity index (χ4v) is 4.79. The van der Waals surface area contributed by atoms with E-state index in [1.807, 2.05) is 60.0 Å². The molecule has 0 bridgehead atoms. The number of amides is 2. The van der Waals surface area contributed by atoms with Crippen LogP contribution in [0.15, 0.2) is 81.9 Å². The van der Waals surface area contributed by atoms with Gasteiger partial charge in [-0.2, -0.15) is 0 Å². The van der Waals surface area contributed by atoms with Gasteiger partial charge in [0.2, 0.25) is 0 Å². The van der Waals surface area contributed by atoms with Crippen LogP contribution < -0.4 is 0 Å². The number of carbonyl (C=O) groups excluding carboxylic acids is 2. The number of rotatable bonds is 5. The molecule has 2 heterocycles. The Morgan fingerprint density at radius 1 is 0.889 bits per heavy atom. The van der Waals surface area contributed by atoms with E-state index in [1.54, 1.807) is 12.1 Å². The van der Waals surface area contributed by atoms with E-state index >= 15 is 0 Å². The van der Waals surface area contributed by atoms with Gasteiger partial charge in [0.15, 0.2) is 0 Å². The third-order valence-electron chi connectivity index (χ3n) is 4.11. The number of halogens is 1. The maximum atomic E-state index is 13.1. The molecule has 1 aromatic heterocycles. The van der Waals surface area contributed by atoms with Crippen LogP contribution >= 0.6 is 34.7 Å². The molecule has 0 saturated heterocycles. The van der Waals surface area contributed by atoms with Crippen molar-refractivity contribution in [3.63, 3.8) is 0 Å². The summed E-state index contributed by atoms with van der Waals surface area (Å²) in [4.78, 5) is 29.7. The predicted molar refractivity (Wildman–Crippen MR) is 111 cm³/mol. The van der Waals surface area contributed by atoms with Gasteiger partial charge in [0, 0.05) is 14.8 Å². The van der Waals surface area contributed by atoms with Gasteiger partial charge in [-0.15, -0.1) is 11.3 Å². The minimum atomic E-state index is -0.257. The SMILES string of the molecule is O=C1C(Sc2ccccc2)=C(c2cccs2)C(=O)N1Cc1ccc(Cl)cc1. The van der Waals surface area contributed by atoms with Crippen LogP contribution in [0.25, 0.3) is 5.57 Å². The molecule has 4 rings (SSSR count). The summed E-state index contributed by atoms with van der Waals surface area (Å²) in [5, 5.41) is 2.53. The van der Waals surface area contributed by atoms with E-state index in [0.717, 1.165) is 15.3 Å². The number of nitrogens with zero attached hydrogens (tertiary/aromatic N) is 1. The van der Waals surface area contributed by atoms with E-state index in [9.17, 15) is 9.59 Å². The third kappa shape index (κ3) is 3.72. The molecule has 3 nitrogen and oxygen atoms in total. The summed E-state index contributed by atoms with van der Waals surface area (Å²) < 4.78 is 0. The number of hydrogen-bond donors (Lipinski definition) is 0. The first-order chi connectivity index (χ1) is 13.1. The minimum absolute atomic E-state index is 0.225. The lowest BCUT2D eigenvalue weighted by Crippen LogP contribution is -2.30. The van der Waals surface area contributed by atoms with Gasteiger partial charge in [-0.25, -0.2) is 0 Å².